The van der Waals surface area contributed by atoms with Crippen LogP contribution >= 0.6 is 0 Å². The Morgan fingerprint density at radius 3 is 2.52 bits per heavy atom. The topological polar surface area (TPSA) is 50.1 Å². The van der Waals surface area contributed by atoms with Crippen molar-refractivity contribution >= 4 is 0 Å². The summed E-state index contributed by atoms with van der Waals surface area (Å²) in [7, 11) is 0. The third-order valence-corrected chi connectivity index (χ3v) is 3.66. The fourth-order valence-electron chi connectivity index (χ4n) is 2.38. The smallest absolute Gasteiger partial charge is 0.0766 e. The lowest BCUT2D eigenvalue weighted by molar-refractivity contribution is 0.196. The maximum atomic E-state index is 9.19. The van der Waals surface area contributed by atoms with Gasteiger partial charge in [0.2, 0.25) is 0 Å². The van der Waals surface area contributed by atoms with Gasteiger partial charge in [-0.15, -0.1) is 0 Å². The van der Waals surface area contributed by atoms with Gasteiger partial charge in [0.1, 0.15) is 0 Å². The van der Waals surface area contributed by atoms with E-state index >= 15 is 0 Å². The van der Waals surface area contributed by atoms with Gasteiger partial charge in [-0.1, -0.05) is 39.0 Å². The number of rotatable bonds is 6. The average Bonchev–Trinajstić information content (AvgIpc) is 2.92. The zero-order valence-electron chi connectivity index (χ0n) is 13.1. The van der Waals surface area contributed by atoms with Gasteiger partial charge in [-0.05, 0) is 30.0 Å². The molecule has 0 bridgehead atoms. The predicted octanol–water partition coefficient (Wildman–Crippen LogP) is 2.76. The van der Waals surface area contributed by atoms with E-state index in [-0.39, 0.29) is 18.1 Å². The first-order valence-electron chi connectivity index (χ1n) is 7.45. The molecular formula is C17H25N3O. The molecule has 0 aliphatic rings. The van der Waals surface area contributed by atoms with E-state index in [2.05, 4.69) is 31.2 Å². The van der Waals surface area contributed by atoms with Gasteiger partial charge in [-0.3, -0.25) is 0 Å². The zero-order chi connectivity index (χ0) is 15.3. The van der Waals surface area contributed by atoms with E-state index in [9.17, 15) is 5.11 Å². The minimum atomic E-state index is 0.116. The van der Waals surface area contributed by atoms with Crippen molar-refractivity contribution in [2.24, 2.45) is 5.41 Å². The van der Waals surface area contributed by atoms with E-state index in [4.69, 9.17) is 0 Å². The molecule has 0 aliphatic heterocycles. The summed E-state index contributed by atoms with van der Waals surface area (Å²) in [6.07, 6.45) is 2.73. The lowest BCUT2D eigenvalue weighted by atomic mass is 9.85. The fraction of sp³-hybridized carbons (Fsp3) is 0.471. The zero-order valence-corrected chi connectivity index (χ0v) is 13.1. The molecule has 1 heterocycles. The third kappa shape index (κ3) is 4.41. The lowest BCUT2D eigenvalue weighted by Gasteiger charge is -2.31. The Kier molecular flexibility index (Phi) is 5.15. The summed E-state index contributed by atoms with van der Waals surface area (Å²) in [5.74, 6) is 0. The predicted molar refractivity (Wildman–Crippen MR) is 85.3 cm³/mol. The Morgan fingerprint density at radius 1 is 1.19 bits per heavy atom. The van der Waals surface area contributed by atoms with Crippen molar-refractivity contribution in [3.63, 3.8) is 0 Å². The summed E-state index contributed by atoms with van der Waals surface area (Å²) < 4.78 is 1.88. The van der Waals surface area contributed by atoms with Crippen LogP contribution in [0.3, 0.4) is 0 Å². The van der Waals surface area contributed by atoms with Crippen LogP contribution in [0.2, 0.25) is 0 Å². The van der Waals surface area contributed by atoms with Crippen LogP contribution in [0.1, 0.15) is 32.9 Å². The van der Waals surface area contributed by atoms with Gasteiger partial charge in [0.25, 0.3) is 0 Å². The Hall–Kier alpha value is -1.65. The molecule has 0 fully saturated rings. The van der Waals surface area contributed by atoms with Crippen LogP contribution in [0.5, 0.6) is 0 Å². The highest BCUT2D eigenvalue weighted by Crippen LogP contribution is 2.22. The van der Waals surface area contributed by atoms with E-state index < -0.39 is 0 Å². The molecule has 1 unspecified atom stereocenters. The Balaban J connectivity index is 1.99. The van der Waals surface area contributed by atoms with Crippen molar-refractivity contribution in [3.8, 4) is 5.69 Å². The van der Waals surface area contributed by atoms with Crippen molar-refractivity contribution in [2.45, 2.75) is 39.8 Å². The second kappa shape index (κ2) is 6.87. The molecule has 0 radical (unpaired) electrons. The van der Waals surface area contributed by atoms with Crippen LogP contribution in [0.15, 0.2) is 42.6 Å². The molecule has 4 heteroatoms. The van der Waals surface area contributed by atoms with E-state index in [0.717, 1.165) is 17.8 Å². The van der Waals surface area contributed by atoms with Gasteiger partial charge >= 0.3 is 0 Å². The molecule has 4 nitrogen and oxygen atoms in total. The van der Waals surface area contributed by atoms with Gasteiger partial charge in [-0.2, -0.15) is 5.10 Å². The molecule has 0 aliphatic carbocycles. The van der Waals surface area contributed by atoms with Gasteiger partial charge < -0.3 is 10.4 Å². The molecule has 1 aromatic carbocycles. The highest BCUT2D eigenvalue weighted by molar-refractivity contribution is 5.30. The number of benzene rings is 1. The number of aliphatic hydroxyl groups is 1. The molecule has 21 heavy (non-hydrogen) atoms. The molecule has 0 saturated heterocycles. The molecule has 2 N–H and O–H groups in total. The van der Waals surface area contributed by atoms with Crippen LogP contribution in [0.25, 0.3) is 5.69 Å². The first kappa shape index (κ1) is 15.7. The number of nitrogens with zero attached hydrogens (tertiary/aromatic N) is 2. The monoisotopic (exact) mass is 287 g/mol. The third-order valence-electron chi connectivity index (χ3n) is 3.66. The summed E-state index contributed by atoms with van der Waals surface area (Å²) in [5.41, 5.74) is 2.18. The first-order chi connectivity index (χ1) is 10.0. The Morgan fingerprint density at radius 2 is 1.90 bits per heavy atom. The maximum absolute atomic E-state index is 9.19. The van der Waals surface area contributed by atoms with E-state index in [1.807, 2.05) is 47.3 Å². The van der Waals surface area contributed by atoms with Crippen molar-refractivity contribution in [3.05, 3.63) is 48.3 Å². The maximum Gasteiger partial charge on any atom is 0.0766 e. The molecule has 2 aromatic rings. The number of aromatic nitrogens is 2. The van der Waals surface area contributed by atoms with Gasteiger partial charge in [-0.25, -0.2) is 4.68 Å². The van der Waals surface area contributed by atoms with Crippen LogP contribution in [-0.2, 0) is 6.54 Å². The lowest BCUT2D eigenvalue weighted by Crippen LogP contribution is -2.40. The van der Waals surface area contributed by atoms with Crippen molar-refractivity contribution in [2.75, 3.05) is 6.61 Å². The first-order valence-corrected chi connectivity index (χ1v) is 7.45. The van der Waals surface area contributed by atoms with E-state index in [1.54, 1.807) is 0 Å². The summed E-state index contributed by atoms with van der Waals surface area (Å²) >= 11 is 0. The molecular weight excluding hydrogens is 262 g/mol. The van der Waals surface area contributed by atoms with Crippen molar-refractivity contribution in [1.82, 2.24) is 15.1 Å². The normalized spacial score (nSPS) is 13.3. The summed E-state index contributed by atoms with van der Waals surface area (Å²) in [5, 5.41) is 17.3. The van der Waals surface area contributed by atoms with E-state index in [1.165, 1.54) is 0 Å². The molecule has 1 aromatic heterocycles. The van der Waals surface area contributed by atoms with Crippen LogP contribution in [0.4, 0.5) is 0 Å². The summed E-state index contributed by atoms with van der Waals surface area (Å²) in [4.78, 5) is 0. The van der Waals surface area contributed by atoms with Crippen molar-refractivity contribution in [1.29, 1.82) is 0 Å². The number of hydrogen-bond acceptors (Lipinski definition) is 3. The molecule has 1 atom stereocenters. The second-order valence-electron chi connectivity index (χ2n) is 6.40. The fourth-order valence-corrected chi connectivity index (χ4v) is 2.38. The van der Waals surface area contributed by atoms with Crippen LogP contribution in [0, 0.1) is 5.41 Å². The molecule has 0 amide bonds. The van der Waals surface area contributed by atoms with Crippen molar-refractivity contribution < 1.29 is 5.11 Å². The van der Waals surface area contributed by atoms with Gasteiger partial charge in [0.05, 0.1) is 11.4 Å². The molecule has 0 spiro atoms. The van der Waals surface area contributed by atoms with Gasteiger partial charge in [0.15, 0.2) is 0 Å². The average molecular weight is 287 g/mol. The minimum Gasteiger partial charge on any atom is -0.396 e. The highest BCUT2D eigenvalue weighted by Gasteiger charge is 2.23. The minimum absolute atomic E-state index is 0.116. The Labute approximate surface area is 126 Å². The van der Waals surface area contributed by atoms with Gasteiger partial charge in [0, 0.05) is 25.4 Å². The summed E-state index contributed by atoms with van der Waals surface area (Å²) in [6.45, 7) is 7.46. The molecule has 2 rings (SSSR count). The number of aliphatic hydroxyl groups excluding tert-OH is 1. The largest absolute Gasteiger partial charge is 0.396 e. The van der Waals surface area contributed by atoms with Crippen LogP contribution in [-0.4, -0.2) is 27.5 Å². The number of hydrogen-bond donors (Lipinski definition) is 2. The number of para-hydroxylation sites is 1. The van der Waals surface area contributed by atoms with Crippen LogP contribution < -0.4 is 5.32 Å². The Bertz CT molecular complexity index is 543. The molecule has 114 valence electrons. The molecule has 0 saturated carbocycles. The quantitative estimate of drug-likeness (QED) is 0.859. The van der Waals surface area contributed by atoms with E-state index in [0.29, 0.717) is 6.54 Å². The standard InChI is InChI=1S/C17H25N3O/c1-17(2,3)16(10-12-21)18-13-14-9-11-20(19-14)15-7-5-4-6-8-15/h4-9,11,16,18,21H,10,12-13H2,1-3H3. The SMILES string of the molecule is CC(C)(C)C(CCO)NCc1ccn(-c2ccccc2)n1. The summed E-state index contributed by atoms with van der Waals surface area (Å²) in [6, 6.07) is 12.4. The second-order valence-corrected chi connectivity index (χ2v) is 6.40. The number of nitrogens with one attached hydrogen (secondary N) is 1. The highest BCUT2D eigenvalue weighted by atomic mass is 16.3.